The summed E-state index contributed by atoms with van der Waals surface area (Å²) >= 11 is 5.74. The number of nitrogens with one attached hydrogen (secondary N) is 2. The molecule has 0 aliphatic carbocycles. The van der Waals surface area contributed by atoms with Crippen LogP contribution in [0.1, 0.15) is 17.0 Å². The summed E-state index contributed by atoms with van der Waals surface area (Å²) in [6, 6.07) is 13.3. The first-order valence-corrected chi connectivity index (χ1v) is 6.99. The van der Waals surface area contributed by atoms with Gasteiger partial charge in [-0.3, -0.25) is 15.5 Å². The van der Waals surface area contributed by atoms with Crippen molar-refractivity contribution in [2.45, 2.75) is 12.3 Å². The zero-order valence-corrected chi connectivity index (χ0v) is 12.4. The predicted octanol–water partition coefficient (Wildman–Crippen LogP) is 2.82. The summed E-state index contributed by atoms with van der Waals surface area (Å²) < 4.78 is 14.0. The number of hydrogen-bond donors (Lipinski definition) is 3. The Bertz CT molecular complexity index is 691. The van der Waals surface area contributed by atoms with Crippen LogP contribution in [0.4, 0.5) is 4.39 Å². The van der Waals surface area contributed by atoms with Crippen molar-refractivity contribution in [3.8, 4) is 0 Å². The molecule has 4 N–H and O–H groups in total. The van der Waals surface area contributed by atoms with Crippen LogP contribution in [0.25, 0.3) is 0 Å². The topological polar surface area (TPSA) is 79.0 Å². The third kappa shape index (κ3) is 4.05. The number of hydrogen-bond acceptors (Lipinski definition) is 2. The van der Waals surface area contributed by atoms with Crippen molar-refractivity contribution in [2.75, 3.05) is 0 Å². The molecule has 0 heterocycles. The molecule has 0 aromatic heterocycles. The fourth-order valence-corrected chi connectivity index (χ4v) is 2.33. The van der Waals surface area contributed by atoms with E-state index in [1.54, 1.807) is 36.4 Å². The lowest BCUT2D eigenvalue weighted by Gasteiger charge is -2.17. The quantitative estimate of drug-likeness (QED) is 0.598. The lowest BCUT2D eigenvalue weighted by molar-refractivity contribution is -0.121. The van der Waals surface area contributed by atoms with E-state index >= 15 is 0 Å². The smallest absolute Gasteiger partial charge is 0.234 e. The highest BCUT2D eigenvalue weighted by atomic mass is 35.5. The molecule has 114 valence electrons. The van der Waals surface area contributed by atoms with Gasteiger partial charge in [-0.2, -0.15) is 0 Å². The predicted molar refractivity (Wildman–Crippen MR) is 84.4 cm³/mol. The Hall–Kier alpha value is -2.40. The highest BCUT2D eigenvalue weighted by Gasteiger charge is 2.22. The fourth-order valence-electron chi connectivity index (χ4n) is 2.17. The summed E-state index contributed by atoms with van der Waals surface area (Å²) in [6.07, 6.45) is 0.145. The van der Waals surface area contributed by atoms with Gasteiger partial charge in [-0.25, -0.2) is 4.39 Å². The van der Waals surface area contributed by atoms with Gasteiger partial charge in [0.2, 0.25) is 5.91 Å². The molecule has 1 unspecified atom stereocenters. The van der Waals surface area contributed by atoms with Gasteiger partial charge in [0.15, 0.2) is 5.96 Å². The first-order valence-electron chi connectivity index (χ1n) is 6.61. The van der Waals surface area contributed by atoms with Crippen LogP contribution in [0, 0.1) is 11.2 Å². The van der Waals surface area contributed by atoms with Crippen molar-refractivity contribution in [2.24, 2.45) is 5.73 Å². The number of guanidine groups is 1. The molecule has 0 spiro atoms. The normalized spacial score (nSPS) is 11.7. The Morgan fingerprint density at radius 3 is 2.55 bits per heavy atom. The van der Waals surface area contributed by atoms with E-state index in [0.717, 1.165) is 5.56 Å². The zero-order chi connectivity index (χ0) is 16.1. The van der Waals surface area contributed by atoms with E-state index in [1.807, 2.05) is 6.07 Å². The monoisotopic (exact) mass is 319 g/mol. The van der Waals surface area contributed by atoms with Crippen LogP contribution in [0.2, 0.25) is 5.02 Å². The van der Waals surface area contributed by atoms with Crippen LogP contribution < -0.4 is 11.1 Å². The van der Waals surface area contributed by atoms with Crippen LogP contribution in [0.5, 0.6) is 0 Å². The maximum atomic E-state index is 14.0. The van der Waals surface area contributed by atoms with Crippen LogP contribution in [-0.2, 0) is 11.2 Å². The number of rotatable bonds is 4. The van der Waals surface area contributed by atoms with Crippen LogP contribution in [0.15, 0.2) is 48.5 Å². The molecular weight excluding hydrogens is 305 g/mol. The molecule has 0 fully saturated rings. The number of nitrogens with two attached hydrogens (primary N) is 1. The van der Waals surface area contributed by atoms with E-state index in [2.05, 4.69) is 5.32 Å². The van der Waals surface area contributed by atoms with Crippen molar-refractivity contribution in [1.82, 2.24) is 5.32 Å². The molecule has 0 radical (unpaired) electrons. The van der Waals surface area contributed by atoms with Gasteiger partial charge < -0.3 is 5.73 Å². The molecule has 0 saturated heterocycles. The Kier molecular flexibility index (Phi) is 5.12. The Labute approximate surface area is 132 Å². The summed E-state index contributed by atoms with van der Waals surface area (Å²) in [5.41, 5.74) is 6.30. The summed E-state index contributed by atoms with van der Waals surface area (Å²) in [5.74, 6) is -2.01. The minimum Gasteiger partial charge on any atom is -0.370 e. The highest BCUT2D eigenvalue weighted by molar-refractivity contribution is 6.30. The molecule has 1 amide bonds. The zero-order valence-electron chi connectivity index (χ0n) is 11.6. The molecule has 2 aromatic carbocycles. The van der Waals surface area contributed by atoms with Crippen molar-refractivity contribution < 1.29 is 9.18 Å². The maximum Gasteiger partial charge on any atom is 0.234 e. The maximum absolute atomic E-state index is 14.0. The molecule has 0 aliphatic heterocycles. The summed E-state index contributed by atoms with van der Waals surface area (Å²) in [6.45, 7) is 0. The van der Waals surface area contributed by atoms with Gasteiger partial charge in [-0.15, -0.1) is 0 Å². The van der Waals surface area contributed by atoms with Crippen LogP contribution >= 0.6 is 11.6 Å². The van der Waals surface area contributed by atoms with E-state index in [0.29, 0.717) is 10.6 Å². The largest absolute Gasteiger partial charge is 0.370 e. The van der Waals surface area contributed by atoms with Crippen molar-refractivity contribution in [3.63, 3.8) is 0 Å². The first-order chi connectivity index (χ1) is 10.5. The molecule has 0 saturated carbocycles. The van der Waals surface area contributed by atoms with Gasteiger partial charge in [0.05, 0.1) is 5.92 Å². The van der Waals surface area contributed by atoms with Gasteiger partial charge in [-0.05, 0) is 29.7 Å². The molecule has 4 nitrogen and oxygen atoms in total. The highest BCUT2D eigenvalue weighted by Crippen LogP contribution is 2.24. The lowest BCUT2D eigenvalue weighted by Crippen LogP contribution is -2.39. The minimum atomic E-state index is -0.652. The second-order valence-corrected chi connectivity index (χ2v) is 5.24. The third-order valence-electron chi connectivity index (χ3n) is 3.22. The van der Waals surface area contributed by atoms with Gasteiger partial charge in [0.25, 0.3) is 0 Å². The van der Waals surface area contributed by atoms with Crippen LogP contribution in [-0.4, -0.2) is 11.9 Å². The second-order valence-electron chi connectivity index (χ2n) is 4.81. The van der Waals surface area contributed by atoms with E-state index in [4.69, 9.17) is 22.7 Å². The van der Waals surface area contributed by atoms with Crippen LogP contribution in [0.3, 0.4) is 0 Å². The Balaban J connectivity index is 2.32. The summed E-state index contributed by atoms with van der Waals surface area (Å²) in [5, 5.41) is 9.75. The minimum absolute atomic E-state index is 0.145. The lowest BCUT2D eigenvalue weighted by atomic mass is 9.91. The summed E-state index contributed by atoms with van der Waals surface area (Å²) in [7, 11) is 0. The average molecular weight is 320 g/mol. The van der Waals surface area contributed by atoms with Gasteiger partial charge >= 0.3 is 0 Å². The molecule has 1 atom stereocenters. The van der Waals surface area contributed by atoms with E-state index < -0.39 is 23.6 Å². The number of benzene rings is 2. The molecule has 2 rings (SSSR count). The molecule has 0 bridgehead atoms. The van der Waals surface area contributed by atoms with Crippen molar-refractivity contribution in [3.05, 3.63) is 70.5 Å². The first kappa shape index (κ1) is 16.0. The van der Waals surface area contributed by atoms with Gasteiger partial charge in [-0.1, -0.05) is 48.0 Å². The van der Waals surface area contributed by atoms with E-state index in [1.165, 1.54) is 6.07 Å². The molecule has 2 aromatic rings. The average Bonchev–Trinajstić information content (AvgIpc) is 2.46. The van der Waals surface area contributed by atoms with Gasteiger partial charge in [0, 0.05) is 5.02 Å². The molecule has 0 aliphatic rings. The molecular formula is C16H15ClFN3O. The second kappa shape index (κ2) is 7.04. The molecule has 6 heteroatoms. The SMILES string of the molecule is N=C(N)NC(=O)C(Cc1ccc(Cl)cc1F)c1ccccc1. The fraction of sp³-hybridized carbons (Fsp3) is 0.125. The van der Waals surface area contributed by atoms with E-state index in [9.17, 15) is 9.18 Å². The number of halogens is 2. The molecule has 22 heavy (non-hydrogen) atoms. The van der Waals surface area contributed by atoms with Crippen molar-refractivity contribution in [1.29, 1.82) is 5.41 Å². The van der Waals surface area contributed by atoms with Crippen molar-refractivity contribution >= 4 is 23.5 Å². The third-order valence-corrected chi connectivity index (χ3v) is 3.45. The van der Waals surface area contributed by atoms with E-state index in [-0.39, 0.29) is 6.42 Å². The standard InChI is InChI=1S/C16H15ClFN3O/c17-12-7-6-11(14(18)9-12)8-13(15(22)21-16(19)20)10-4-2-1-3-5-10/h1-7,9,13H,8H2,(H4,19,20,21,22). The number of amides is 1. The number of carbonyl (C=O) groups excluding carboxylic acids is 1. The van der Waals surface area contributed by atoms with Gasteiger partial charge in [0.1, 0.15) is 5.82 Å². The Morgan fingerprint density at radius 1 is 1.27 bits per heavy atom. The summed E-state index contributed by atoms with van der Waals surface area (Å²) in [4.78, 5) is 12.3. The Morgan fingerprint density at radius 2 is 1.95 bits per heavy atom. The number of carbonyl (C=O) groups is 1.